The van der Waals surface area contributed by atoms with Crippen molar-refractivity contribution in [2.24, 2.45) is 7.05 Å². The average molecular weight is 361 g/mol. The summed E-state index contributed by atoms with van der Waals surface area (Å²) in [5, 5.41) is 2.72. The number of thioether (sulfide) groups is 1. The van der Waals surface area contributed by atoms with Crippen LogP contribution in [0.5, 0.6) is 0 Å². The van der Waals surface area contributed by atoms with Crippen molar-refractivity contribution < 1.29 is 13.6 Å². The number of hydrogen-bond donors (Lipinski definition) is 1. The van der Waals surface area contributed by atoms with Crippen LogP contribution in [0.25, 0.3) is 0 Å². The van der Waals surface area contributed by atoms with E-state index in [2.05, 4.69) is 21.2 Å². The van der Waals surface area contributed by atoms with Crippen molar-refractivity contribution in [3.8, 4) is 0 Å². The molecule has 20 heavy (non-hydrogen) atoms. The number of aryl methyl sites for hydroxylation is 1. The zero-order valence-electron chi connectivity index (χ0n) is 10.4. The fourth-order valence-electron chi connectivity index (χ4n) is 1.66. The van der Waals surface area contributed by atoms with Gasteiger partial charge in [-0.25, -0.2) is 0 Å². The monoisotopic (exact) mass is 360 g/mol. The van der Waals surface area contributed by atoms with Crippen LogP contribution in [0.2, 0.25) is 0 Å². The maximum atomic E-state index is 12.2. The minimum absolute atomic E-state index is 0.257. The standard InChI is InChI=1S/C13H11BrF2N2OS/c1-18-7-8(14)6-11(18)12(19)17-9-2-4-10(5-3-9)20-13(15)16/h2-7,13H,1H3,(H,17,19). The van der Waals surface area contributed by atoms with Gasteiger partial charge in [0.05, 0.1) is 0 Å². The van der Waals surface area contributed by atoms with Crippen molar-refractivity contribution in [3.63, 3.8) is 0 Å². The van der Waals surface area contributed by atoms with Gasteiger partial charge < -0.3 is 9.88 Å². The molecular weight excluding hydrogens is 350 g/mol. The molecule has 1 heterocycles. The summed E-state index contributed by atoms with van der Waals surface area (Å²) in [6.07, 6.45) is 1.78. The van der Waals surface area contributed by atoms with Gasteiger partial charge in [0.1, 0.15) is 5.69 Å². The topological polar surface area (TPSA) is 34.0 Å². The van der Waals surface area contributed by atoms with E-state index in [0.717, 1.165) is 4.47 Å². The second-order valence-electron chi connectivity index (χ2n) is 4.01. The molecule has 2 aromatic rings. The number of alkyl halides is 2. The Bertz CT molecular complexity index is 613. The van der Waals surface area contributed by atoms with Crippen LogP contribution >= 0.6 is 27.7 Å². The molecule has 0 atom stereocenters. The highest BCUT2D eigenvalue weighted by molar-refractivity contribution is 9.10. The van der Waals surface area contributed by atoms with Gasteiger partial charge in [0, 0.05) is 28.3 Å². The second-order valence-corrected chi connectivity index (χ2v) is 5.99. The highest BCUT2D eigenvalue weighted by Crippen LogP contribution is 2.26. The fourth-order valence-corrected chi connectivity index (χ4v) is 2.69. The summed E-state index contributed by atoms with van der Waals surface area (Å²) < 4.78 is 26.9. The first-order valence-corrected chi connectivity index (χ1v) is 7.31. The smallest absolute Gasteiger partial charge is 0.288 e. The number of aromatic nitrogens is 1. The molecule has 3 nitrogen and oxygen atoms in total. The molecule has 0 fully saturated rings. The minimum Gasteiger partial charge on any atom is -0.345 e. The van der Waals surface area contributed by atoms with Crippen LogP contribution in [0.3, 0.4) is 0 Å². The van der Waals surface area contributed by atoms with Gasteiger partial charge >= 0.3 is 0 Å². The predicted molar refractivity (Wildman–Crippen MR) is 79.4 cm³/mol. The lowest BCUT2D eigenvalue weighted by Gasteiger charge is -2.07. The summed E-state index contributed by atoms with van der Waals surface area (Å²) in [5.74, 6) is -2.70. The Morgan fingerprint density at radius 2 is 2.00 bits per heavy atom. The number of amides is 1. The van der Waals surface area contributed by atoms with Gasteiger partial charge in [0.2, 0.25) is 0 Å². The molecule has 7 heteroatoms. The lowest BCUT2D eigenvalue weighted by molar-refractivity contribution is 0.101. The van der Waals surface area contributed by atoms with Gasteiger partial charge in [-0.2, -0.15) is 8.78 Å². The highest BCUT2D eigenvalue weighted by atomic mass is 79.9. The molecule has 1 aromatic heterocycles. The largest absolute Gasteiger partial charge is 0.345 e. The molecule has 1 amide bonds. The van der Waals surface area contributed by atoms with Crippen LogP contribution in [-0.2, 0) is 7.05 Å². The maximum absolute atomic E-state index is 12.2. The van der Waals surface area contributed by atoms with Gasteiger partial charge in [-0.15, -0.1) is 0 Å². The maximum Gasteiger partial charge on any atom is 0.288 e. The van der Waals surface area contributed by atoms with E-state index in [-0.39, 0.29) is 5.91 Å². The molecule has 0 radical (unpaired) electrons. The molecule has 0 unspecified atom stereocenters. The summed E-state index contributed by atoms with van der Waals surface area (Å²) in [5.41, 5.74) is 1.06. The summed E-state index contributed by atoms with van der Waals surface area (Å²) in [7, 11) is 1.77. The Balaban J connectivity index is 2.06. The average Bonchev–Trinajstić information content (AvgIpc) is 2.70. The molecule has 0 aliphatic heterocycles. The normalized spacial score (nSPS) is 10.8. The van der Waals surface area contributed by atoms with Crippen molar-refractivity contribution in [2.45, 2.75) is 10.7 Å². The number of benzene rings is 1. The van der Waals surface area contributed by atoms with E-state index < -0.39 is 5.76 Å². The van der Waals surface area contributed by atoms with Gasteiger partial charge in [0.25, 0.3) is 11.7 Å². The van der Waals surface area contributed by atoms with Crippen molar-refractivity contribution >= 4 is 39.3 Å². The van der Waals surface area contributed by atoms with Crippen LogP contribution in [0.15, 0.2) is 45.9 Å². The number of halogens is 3. The molecule has 0 spiro atoms. The molecule has 0 aliphatic rings. The van der Waals surface area contributed by atoms with Crippen LogP contribution < -0.4 is 5.32 Å². The quantitative estimate of drug-likeness (QED) is 0.822. The molecular formula is C13H11BrF2N2OS. The third kappa shape index (κ3) is 3.83. The van der Waals surface area contributed by atoms with E-state index >= 15 is 0 Å². The van der Waals surface area contributed by atoms with Crippen LogP contribution in [0, 0.1) is 0 Å². The zero-order valence-corrected chi connectivity index (χ0v) is 12.8. The van der Waals surface area contributed by atoms with Crippen molar-refractivity contribution in [2.75, 3.05) is 5.32 Å². The lowest BCUT2D eigenvalue weighted by atomic mass is 10.3. The van der Waals surface area contributed by atoms with E-state index in [4.69, 9.17) is 0 Å². The predicted octanol–water partition coefficient (Wildman–Crippen LogP) is 4.35. The summed E-state index contributed by atoms with van der Waals surface area (Å²) in [6, 6.07) is 8.00. The number of hydrogen-bond acceptors (Lipinski definition) is 2. The van der Waals surface area contributed by atoms with E-state index in [1.807, 2.05) is 0 Å². The Hall–Kier alpha value is -1.34. The molecule has 1 aromatic carbocycles. The van der Waals surface area contributed by atoms with Crippen LogP contribution in [0.4, 0.5) is 14.5 Å². The first kappa shape index (κ1) is 15.1. The SMILES string of the molecule is Cn1cc(Br)cc1C(=O)Nc1ccc(SC(F)F)cc1. The van der Waals surface area contributed by atoms with E-state index in [1.165, 1.54) is 0 Å². The second kappa shape index (κ2) is 6.41. The van der Waals surface area contributed by atoms with Gasteiger partial charge in [0.15, 0.2) is 0 Å². The fraction of sp³-hybridized carbons (Fsp3) is 0.154. The third-order valence-electron chi connectivity index (χ3n) is 2.54. The zero-order chi connectivity index (χ0) is 14.7. The molecule has 0 saturated heterocycles. The Kier molecular flexibility index (Phi) is 4.82. The molecule has 0 aliphatic carbocycles. The Morgan fingerprint density at radius 3 is 2.50 bits per heavy atom. The van der Waals surface area contributed by atoms with Gasteiger partial charge in [-0.05, 0) is 46.3 Å². The molecule has 0 bridgehead atoms. The molecule has 106 valence electrons. The van der Waals surface area contributed by atoms with Crippen LogP contribution in [-0.4, -0.2) is 16.2 Å². The number of nitrogens with zero attached hydrogens (tertiary/aromatic N) is 1. The summed E-state index contributed by atoms with van der Waals surface area (Å²) >= 11 is 3.77. The van der Waals surface area contributed by atoms with E-state index in [0.29, 0.717) is 28.0 Å². The van der Waals surface area contributed by atoms with Crippen LogP contribution in [0.1, 0.15) is 10.5 Å². The highest BCUT2D eigenvalue weighted by Gasteiger charge is 2.11. The lowest BCUT2D eigenvalue weighted by Crippen LogP contribution is -2.15. The number of nitrogens with one attached hydrogen (secondary N) is 1. The summed E-state index contributed by atoms with van der Waals surface area (Å²) in [4.78, 5) is 12.5. The summed E-state index contributed by atoms with van der Waals surface area (Å²) in [6.45, 7) is 0. The third-order valence-corrected chi connectivity index (χ3v) is 3.70. The van der Waals surface area contributed by atoms with Crippen molar-refractivity contribution in [3.05, 3.63) is 46.7 Å². The Labute approximate surface area is 127 Å². The number of anilines is 1. The first-order chi connectivity index (χ1) is 9.45. The van der Waals surface area contributed by atoms with E-state index in [9.17, 15) is 13.6 Å². The molecule has 2 rings (SSSR count). The van der Waals surface area contributed by atoms with Crippen molar-refractivity contribution in [1.29, 1.82) is 0 Å². The van der Waals surface area contributed by atoms with Gasteiger partial charge in [-0.3, -0.25) is 4.79 Å². The number of carbonyl (C=O) groups excluding carboxylic acids is 1. The number of rotatable bonds is 4. The van der Waals surface area contributed by atoms with Gasteiger partial charge in [-0.1, -0.05) is 11.8 Å². The minimum atomic E-state index is -2.45. The molecule has 1 N–H and O–H groups in total. The van der Waals surface area contributed by atoms with E-state index in [1.54, 1.807) is 48.1 Å². The Morgan fingerprint density at radius 1 is 1.35 bits per heavy atom. The first-order valence-electron chi connectivity index (χ1n) is 5.64. The number of carbonyl (C=O) groups is 1. The molecule has 0 saturated carbocycles. The van der Waals surface area contributed by atoms with Crippen molar-refractivity contribution in [1.82, 2.24) is 4.57 Å².